The second-order valence-corrected chi connectivity index (χ2v) is 4.63. The van der Waals surface area contributed by atoms with E-state index in [4.69, 9.17) is 5.73 Å². The molecule has 14 heavy (non-hydrogen) atoms. The van der Waals surface area contributed by atoms with E-state index in [0.29, 0.717) is 5.82 Å². The number of nitrogens with zero attached hydrogens (tertiary/aromatic N) is 3. The molecule has 0 saturated carbocycles. The van der Waals surface area contributed by atoms with Gasteiger partial charge in [0, 0.05) is 17.6 Å². The van der Waals surface area contributed by atoms with Crippen LogP contribution in [0.2, 0.25) is 0 Å². The summed E-state index contributed by atoms with van der Waals surface area (Å²) in [6, 6.07) is 0. The molecule has 4 heteroatoms. The van der Waals surface area contributed by atoms with Gasteiger partial charge in [-0.15, -0.1) is 0 Å². The van der Waals surface area contributed by atoms with Gasteiger partial charge in [-0.1, -0.05) is 0 Å². The number of aromatic nitrogens is 2. The molecular formula is C10H16N4. The van der Waals surface area contributed by atoms with Crippen molar-refractivity contribution in [2.75, 3.05) is 17.2 Å². The lowest BCUT2D eigenvalue weighted by molar-refractivity contribution is 0.514. The summed E-state index contributed by atoms with van der Waals surface area (Å²) in [5.41, 5.74) is 7.00. The third-order valence-corrected chi connectivity index (χ3v) is 2.61. The largest absolute Gasteiger partial charge is 0.383 e. The van der Waals surface area contributed by atoms with Crippen molar-refractivity contribution in [1.82, 2.24) is 9.97 Å². The van der Waals surface area contributed by atoms with Crippen LogP contribution in [-0.4, -0.2) is 22.1 Å². The van der Waals surface area contributed by atoms with E-state index in [1.54, 1.807) is 0 Å². The van der Waals surface area contributed by atoms with Crippen molar-refractivity contribution >= 4 is 11.6 Å². The molecule has 1 aliphatic heterocycles. The molecule has 76 valence electrons. The summed E-state index contributed by atoms with van der Waals surface area (Å²) in [4.78, 5) is 10.6. The van der Waals surface area contributed by atoms with Gasteiger partial charge >= 0.3 is 0 Å². The Morgan fingerprint density at radius 3 is 2.71 bits per heavy atom. The summed E-state index contributed by atoms with van der Waals surface area (Å²) in [7, 11) is 0. The molecule has 4 nitrogen and oxygen atoms in total. The first-order valence-electron chi connectivity index (χ1n) is 4.87. The highest BCUT2D eigenvalue weighted by molar-refractivity contribution is 5.61. The van der Waals surface area contributed by atoms with Crippen molar-refractivity contribution < 1.29 is 0 Å². The summed E-state index contributed by atoms with van der Waals surface area (Å²) in [5.74, 6) is 1.63. The lowest BCUT2D eigenvalue weighted by Gasteiger charge is -2.33. The van der Waals surface area contributed by atoms with Crippen LogP contribution in [0.3, 0.4) is 0 Å². The van der Waals surface area contributed by atoms with E-state index >= 15 is 0 Å². The van der Waals surface area contributed by atoms with E-state index in [2.05, 4.69) is 35.6 Å². The zero-order valence-electron chi connectivity index (χ0n) is 8.91. The SMILES string of the molecule is CC(C)(C)N1CCc2c(N)ncnc21. The normalized spacial score (nSPS) is 15.8. The molecule has 0 saturated heterocycles. The van der Waals surface area contributed by atoms with Crippen molar-refractivity contribution in [2.24, 2.45) is 0 Å². The molecule has 0 unspecified atom stereocenters. The van der Waals surface area contributed by atoms with E-state index in [9.17, 15) is 0 Å². The van der Waals surface area contributed by atoms with Crippen LogP contribution in [0.5, 0.6) is 0 Å². The first-order chi connectivity index (χ1) is 6.50. The number of nitrogen functional groups attached to an aromatic ring is 1. The van der Waals surface area contributed by atoms with Crippen LogP contribution in [0.4, 0.5) is 11.6 Å². The minimum absolute atomic E-state index is 0.103. The first-order valence-corrected chi connectivity index (χ1v) is 4.87. The van der Waals surface area contributed by atoms with Crippen LogP contribution < -0.4 is 10.6 Å². The smallest absolute Gasteiger partial charge is 0.137 e. The average Bonchev–Trinajstić information content (AvgIpc) is 2.47. The number of hydrogen-bond acceptors (Lipinski definition) is 4. The highest BCUT2D eigenvalue weighted by Crippen LogP contribution is 2.33. The van der Waals surface area contributed by atoms with Gasteiger partial charge in [-0.2, -0.15) is 0 Å². The Bertz CT molecular complexity index is 354. The molecule has 1 aliphatic rings. The molecule has 2 N–H and O–H groups in total. The average molecular weight is 192 g/mol. The van der Waals surface area contributed by atoms with Crippen molar-refractivity contribution in [2.45, 2.75) is 32.7 Å². The maximum Gasteiger partial charge on any atom is 0.137 e. The minimum Gasteiger partial charge on any atom is -0.383 e. The Kier molecular flexibility index (Phi) is 1.87. The minimum atomic E-state index is 0.103. The van der Waals surface area contributed by atoms with E-state index in [1.165, 1.54) is 6.33 Å². The summed E-state index contributed by atoms with van der Waals surface area (Å²) < 4.78 is 0. The standard InChI is InChI=1S/C10H16N4/c1-10(2,3)14-5-4-7-8(11)12-6-13-9(7)14/h6H,4-5H2,1-3H3,(H2,11,12,13). The summed E-state index contributed by atoms with van der Waals surface area (Å²) >= 11 is 0. The van der Waals surface area contributed by atoms with Gasteiger partial charge in [-0.3, -0.25) is 0 Å². The predicted molar refractivity (Wildman–Crippen MR) is 57.2 cm³/mol. The Balaban J connectivity index is 2.45. The molecule has 0 spiro atoms. The van der Waals surface area contributed by atoms with Crippen LogP contribution in [0.25, 0.3) is 0 Å². The zero-order valence-corrected chi connectivity index (χ0v) is 8.91. The fourth-order valence-corrected chi connectivity index (χ4v) is 1.87. The van der Waals surface area contributed by atoms with Gasteiger partial charge in [0.05, 0.1) is 0 Å². The molecule has 0 bridgehead atoms. The zero-order chi connectivity index (χ0) is 10.3. The van der Waals surface area contributed by atoms with E-state index < -0.39 is 0 Å². The molecule has 0 aliphatic carbocycles. The van der Waals surface area contributed by atoms with Crippen LogP contribution >= 0.6 is 0 Å². The van der Waals surface area contributed by atoms with Crippen LogP contribution in [0.1, 0.15) is 26.3 Å². The van der Waals surface area contributed by atoms with E-state index in [0.717, 1.165) is 24.3 Å². The Hall–Kier alpha value is -1.32. The number of rotatable bonds is 0. The third kappa shape index (κ3) is 1.31. The lowest BCUT2D eigenvalue weighted by atomic mass is 10.1. The fourth-order valence-electron chi connectivity index (χ4n) is 1.87. The molecular weight excluding hydrogens is 176 g/mol. The highest BCUT2D eigenvalue weighted by atomic mass is 15.3. The molecule has 0 atom stereocenters. The molecule has 0 radical (unpaired) electrons. The number of anilines is 2. The molecule has 2 rings (SSSR count). The highest BCUT2D eigenvalue weighted by Gasteiger charge is 2.30. The quantitative estimate of drug-likeness (QED) is 0.671. The fraction of sp³-hybridized carbons (Fsp3) is 0.600. The topological polar surface area (TPSA) is 55.0 Å². The Labute approximate surface area is 84.2 Å². The lowest BCUT2D eigenvalue weighted by Crippen LogP contribution is -2.40. The Morgan fingerprint density at radius 1 is 1.36 bits per heavy atom. The van der Waals surface area contributed by atoms with Gasteiger partial charge in [0.1, 0.15) is 18.0 Å². The van der Waals surface area contributed by atoms with E-state index in [-0.39, 0.29) is 5.54 Å². The molecule has 0 fully saturated rings. The molecule has 0 amide bonds. The molecule has 0 aromatic carbocycles. The summed E-state index contributed by atoms with van der Waals surface area (Å²) in [6.45, 7) is 7.53. The third-order valence-electron chi connectivity index (χ3n) is 2.61. The summed E-state index contributed by atoms with van der Waals surface area (Å²) in [6.07, 6.45) is 2.50. The van der Waals surface area contributed by atoms with Crippen LogP contribution in [-0.2, 0) is 6.42 Å². The molecule has 2 heterocycles. The Morgan fingerprint density at radius 2 is 2.07 bits per heavy atom. The molecule has 1 aromatic rings. The van der Waals surface area contributed by atoms with Gasteiger partial charge in [-0.05, 0) is 27.2 Å². The molecule has 1 aromatic heterocycles. The predicted octanol–water partition coefficient (Wildman–Crippen LogP) is 1.22. The van der Waals surface area contributed by atoms with Gasteiger partial charge in [0.25, 0.3) is 0 Å². The number of fused-ring (bicyclic) bond motifs is 1. The maximum atomic E-state index is 5.80. The van der Waals surface area contributed by atoms with Crippen molar-refractivity contribution in [3.8, 4) is 0 Å². The van der Waals surface area contributed by atoms with Crippen molar-refractivity contribution in [3.05, 3.63) is 11.9 Å². The van der Waals surface area contributed by atoms with Crippen LogP contribution in [0, 0.1) is 0 Å². The maximum absolute atomic E-state index is 5.80. The second-order valence-electron chi connectivity index (χ2n) is 4.63. The summed E-state index contributed by atoms with van der Waals surface area (Å²) in [5, 5.41) is 0. The van der Waals surface area contributed by atoms with Crippen molar-refractivity contribution in [3.63, 3.8) is 0 Å². The van der Waals surface area contributed by atoms with Gasteiger partial charge in [0.15, 0.2) is 0 Å². The second kappa shape index (κ2) is 2.83. The van der Waals surface area contributed by atoms with Gasteiger partial charge < -0.3 is 10.6 Å². The first kappa shape index (κ1) is 9.24. The van der Waals surface area contributed by atoms with Crippen LogP contribution in [0.15, 0.2) is 6.33 Å². The van der Waals surface area contributed by atoms with Gasteiger partial charge in [0.2, 0.25) is 0 Å². The number of hydrogen-bond donors (Lipinski definition) is 1. The van der Waals surface area contributed by atoms with Gasteiger partial charge in [-0.25, -0.2) is 9.97 Å². The number of nitrogens with two attached hydrogens (primary N) is 1. The van der Waals surface area contributed by atoms with Crippen molar-refractivity contribution in [1.29, 1.82) is 0 Å². The monoisotopic (exact) mass is 192 g/mol. The van der Waals surface area contributed by atoms with E-state index in [1.807, 2.05) is 0 Å².